The second-order valence-electron chi connectivity index (χ2n) is 7.75. The molecule has 0 unspecified atom stereocenters. The van der Waals surface area contributed by atoms with Crippen LogP contribution in [0, 0.1) is 5.82 Å². The molecule has 0 bridgehead atoms. The van der Waals surface area contributed by atoms with Crippen LogP contribution in [0.2, 0.25) is 5.02 Å². The Hall–Kier alpha value is -2.44. The van der Waals surface area contributed by atoms with Crippen LogP contribution in [0.15, 0.2) is 46.9 Å². The summed E-state index contributed by atoms with van der Waals surface area (Å²) in [5.41, 5.74) is 2.34. The van der Waals surface area contributed by atoms with E-state index in [1.54, 1.807) is 17.0 Å². The lowest BCUT2D eigenvalue weighted by Gasteiger charge is -2.32. The number of oxazole rings is 1. The van der Waals surface area contributed by atoms with Gasteiger partial charge in [0.1, 0.15) is 11.3 Å². The maximum atomic E-state index is 13.4. The second kappa shape index (κ2) is 9.14. The van der Waals surface area contributed by atoms with Gasteiger partial charge in [0.05, 0.1) is 6.54 Å². The van der Waals surface area contributed by atoms with Crippen molar-refractivity contribution in [1.29, 1.82) is 0 Å². The summed E-state index contributed by atoms with van der Waals surface area (Å²) in [6, 6.07) is 11.9. The summed E-state index contributed by atoms with van der Waals surface area (Å²) >= 11 is 6.03. The zero-order valence-corrected chi connectivity index (χ0v) is 17.7. The molecular weight excluding hydrogens is 405 g/mol. The minimum absolute atomic E-state index is 0.0664. The summed E-state index contributed by atoms with van der Waals surface area (Å²) in [6.07, 6.45) is 1.79. The zero-order valence-electron chi connectivity index (χ0n) is 17.0. The first kappa shape index (κ1) is 20.8. The first-order valence-electron chi connectivity index (χ1n) is 10.3. The molecule has 1 aromatic heterocycles. The van der Waals surface area contributed by atoms with Gasteiger partial charge in [0, 0.05) is 24.0 Å². The van der Waals surface area contributed by atoms with Crippen molar-refractivity contribution in [3.63, 3.8) is 0 Å². The van der Waals surface area contributed by atoms with Crippen LogP contribution in [0.1, 0.15) is 37.1 Å². The maximum absolute atomic E-state index is 13.4. The number of carbonyl (C=O) groups excluding carboxylic acids is 1. The van der Waals surface area contributed by atoms with Gasteiger partial charge in [0.15, 0.2) is 11.5 Å². The van der Waals surface area contributed by atoms with Crippen LogP contribution < -0.4 is 0 Å². The van der Waals surface area contributed by atoms with Gasteiger partial charge in [0.2, 0.25) is 5.91 Å². The molecule has 2 heterocycles. The molecule has 1 amide bonds. The molecule has 4 rings (SSSR count). The van der Waals surface area contributed by atoms with Gasteiger partial charge < -0.3 is 9.32 Å². The van der Waals surface area contributed by atoms with Crippen LogP contribution in [0.4, 0.5) is 4.39 Å². The van der Waals surface area contributed by atoms with E-state index < -0.39 is 0 Å². The molecule has 7 heteroatoms. The van der Waals surface area contributed by atoms with Crippen molar-refractivity contribution in [2.45, 2.75) is 32.2 Å². The number of likely N-dealkylation sites (N-methyl/N-ethyl adjacent to an activating group) is 1. The topological polar surface area (TPSA) is 49.6 Å². The van der Waals surface area contributed by atoms with Gasteiger partial charge in [-0.2, -0.15) is 0 Å². The summed E-state index contributed by atoms with van der Waals surface area (Å²) in [5, 5.41) is 0.648. The number of piperidine rings is 1. The van der Waals surface area contributed by atoms with Crippen LogP contribution in [-0.4, -0.2) is 46.9 Å². The molecule has 1 fully saturated rings. The number of hydrogen-bond donors (Lipinski definition) is 0. The van der Waals surface area contributed by atoms with E-state index in [-0.39, 0.29) is 17.6 Å². The smallest absolute Gasteiger partial charge is 0.237 e. The third-order valence-electron chi connectivity index (χ3n) is 5.66. The second-order valence-corrected chi connectivity index (χ2v) is 8.19. The van der Waals surface area contributed by atoms with Crippen molar-refractivity contribution in [3.05, 3.63) is 64.8 Å². The fourth-order valence-corrected chi connectivity index (χ4v) is 4.12. The molecule has 2 aromatic carbocycles. The fraction of sp³-hybridized carbons (Fsp3) is 0.391. The van der Waals surface area contributed by atoms with Crippen molar-refractivity contribution in [3.8, 4) is 0 Å². The average molecular weight is 430 g/mol. The van der Waals surface area contributed by atoms with Crippen molar-refractivity contribution < 1.29 is 13.6 Å². The SMILES string of the molecule is CCN(Cc1cccc(F)c1)C(=O)CN1CCC(c2nc3cc(Cl)ccc3o2)CC1. The van der Waals surface area contributed by atoms with Crippen LogP contribution in [0.5, 0.6) is 0 Å². The molecular formula is C23H25ClFN3O2. The monoisotopic (exact) mass is 429 g/mol. The van der Waals surface area contributed by atoms with Gasteiger partial charge in [-0.3, -0.25) is 9.69 Å². The third kappa shape index (κ3) is 4.82. The third-order valence-corrected chi connectivity index (χ3v) is 5.89. The minimum atomic E-state index is -0.278. The molecule has 0 radical (unpaired) electrons. The molecule has 5 nitrogen and oxygen atoms in total. The Balaban J connectivity index is 1.32. The predicted molar refractivity (Wildman–Crippen MR) is 115 cm³/mol. The Morgan fingerprint density at radius 1 is 1.27 bits per heavy atom. The summed E-state index contributed by atoms with van der Waals surface area (Å²) in [5.74, 6) is 0.785. The Kier molecular flexibility index (Phi) is 6.35. The van der Waals surface area contributed by atoms with Gasteiger partial charge in [-0.1, -0.05) is 23.7 Å². The summed E-state index contributed by atoms with van der Waals surface area (Å²) in [6.45, 7) is 4.97. The van der Waals surface area contributed by atoms with Gasteiger partial charge in [0.25, 0.3) is 0 Å². The number of rotatable bonds is 6. The molecule has 158 valence electrons. The number of hydrogen-bond acceptors (Lipinski definition) is 4. The van der Waals surface area contributed by atoms with E-state index in [1.165, 1.54) is 12.1 Å². The van der Waals surface area contributed by atoms with Crippen LogP contribution in [-0.2, 0) is 11.3 Å². The van der Waals surface area contributed by atoms with Crippen molar-refractivity contribution in [2.24, 2.45) is 0 Å². The molecule has 0 spiro atoms. The zero-order chi connectivity index (χ0) is 21.1. The highest BCUT2D eigenvalue weighted by Crippen LogP contribution is 2.30. The number of fused-ring (bicyclic) bond motifs is 1. The van der Waals surface area contributed by atoms with E-state index in [9.17, 15) is 9.18 Å². The molecule has 30 heavy (non-hydrogen) atoms. The Labute approximate surface area is 180 Å². The van der Waals surface area contributed by atoms with Crippen molar-refractivity contribution >= 4 is 28.6 Å². The number of likely N-dealkylation sites (tertiary alicyclic amines) is 1. The lowest BCUT2D eigenvalue weighted by molar-refractivity contribution is -0.133. The summed E-state index contributed by atoms with van der Waals surface area (Å²) in [4.78, 5) is 21.3. The van der Waals surface area contributed by atoms with Crippen molar-refractivity contribution in [2.75, 3.05) is 26.2 Å². The Bertz CT molecular complexity index is 1030. The predicted octanol–water partition coefficient (Wildman–Crippen LogP) is 4.85. The number of halogens is 2. The number of amides is 1. The highest BCUT2D eigenvalue weighted by Gasteiger charge is 2.26. The largest absolute Gasteiger partial charge is 0.440 e. The van der Waals surface area contributed by atoms with Crippen LogP contribution in [0.3, 0.4) is 0 Å². The fourth-order valence-electron chi connectivity index (χ4n) is 3.95. The van der Waals surface area contributed by atoms with E-state index in [0.717, 1.165) is 48.5 Å². The quantitative estimate of drug-likeness (QED) is 0.562. The van der Waals surface area contributed by atoms with Crippen molar-refractivity contribution in [1.82, 2.24) is 14.8 Å². The van der Waals surface area contributed by atoms with E-state index in [0.29, 0.717) is 24.7 Å². The highest BCUT2D eigenvalue weighted by molar-refractivity contribution is 6.31. The Morgan fingerprint density at radius 2 is 2.07 bits per heavy atom. The van der Waals surface area contributed by atoms with Crippen LogP contribution in [0.25, 0.3) is 11.1 Å². The molecule has 0 aliphatic carbocycles. The molecule has 0 N–H and O–H groups in total. The minimum Gasteiger partial charge on any atom is -0.440 e. The number of aromatic nitrogens is 1. The van der Waals surface area contributed by atoms with E-state index in [1.807, 2.05) is 25.1 Å². The highest BCUT2D eigenvalue weighted by atomic mass is 35.5. The number of carbonyl (C=O) groups is 1. The average Bonchev–Trinajstić information content (AvgIpc) is 3.15. The lowest BCUT2D eigenvalue weighted by Crippen LogP contribution is -2.43. The van der Waals surface area contributed by atoms with Gasteiger partial charge in [-0.15, -0.1) is 0 Å². The number of benzene rings is 2. The molecule has 0 atom stereocenters. The summed E-state index contributed by atoms with van der Waals surface area (Å²) in [7, 11) is 0. The van der Waals surface area contributed by atoms with E-state index in [2.05, 4.69) is 9.88 Å². The van der Waals surface area contributed by atoms with E-state index in [4.69, 9.17) is 16.0 Å². The van der Waals surface area contributed by atoms with Gasteiger partial charge in [-0.05, 0) is 68.8 Å². The normalized spacial score (nSPS) is 15.6. The molecule has 0 saturated carbocycles. The van der Waals surface area contributed by atoms with E-state index >= 15 is 0 Å². The maximum Gasteiger partial charge on any atom is 0.237 e. The first-order chi connectivity index (χ1) is 14.5. The Morgan fingerprint density at radius 3 is 2.80 bits per heavy atom. The molecule has 3 aromatic rings. The molecule has 1 aliphatic rings. The lowest BCUT2D eigenvalue weighted by atomic mass is 9.97. The number of nitrogens with zero attached hydrogens (tertiary/aromatic N) is 3. The summed E-state index contributed by atoms with van der Waals surface area (Å²) < 4.78 is 19.3. The van der Waals surface area contributed by atoms with Gasteiger partial charge >= 0.3 is 0 Å². The standard InChI is InChI=1S/C23H25ClFN3O2/c1-2-28(14-16-4-3-5-19(25)12-16)22(29)15-27-10-8-17(9-11-27)23-26-20-13-18(24)6-7-21(20)30-23/h3-7,12-13,17H,2,8-11,14-15H2,1H3. The first-order valence-corrected chi connectivity index (χ1v) is 10.7. The van der Waals surface area contributed by atoms with Gasteiger partial charge in [-0.25, -0.2) is 9.37 Å². The molecule has 1 saturated heterocycles. The molecule has 1 aliphatic heterocycles. The van der Waals surface area contributed by atoms with Crippen LogP contribution >= 0.6 is 11.6 Å².